The van der Waals surface area contributed by atoms with Crippen LogP contribution in [0.5, 0.6) is 5.75 Å². The number of aromatic carboxylic acids is 1. The second-order valence-electron chi connectivity index (χ2n) is 5.01. The molecule has 1 unspecified atom stereocenters. The van der Waals surface area contributed by atoms with Gasteiger partial charge in [0.1, 0.15) is 11.3 Å². The monoisotopic (exact) mass is 309 g/mol. The molecule has 8 heteroatoms. The van der Waals surface area contributed by atoms with Crippen molar-refractivity contribution in [3.8, 4) is 5.75 Å². The SMILES string of the molecule is CCCCC(=O)NC(Cc1cccc(C(=O)O)c1O)B(O)O. The van der Waals surface area contributed by atoms with Crippen LogP contribution in [0.3, 0.4) is 0 Å². The summed E-state index contributed by atoms with van der Waals surface area (Å²) in [4.78, 5) is 22.6. The average Bonchev–Trinajstić information content (AvgIpc) is 2.45. The minimum Gasteiger partial charge on any atom is -0.507 e. The van der Waals surface area contributed by atoms with Gasteiger partial charge in [0.05, 0.1) is 5.94 Å². The van der Waals surface area contributed by atoms with E-state index < -0.39 is 24.8 Å². The van der Waals surface area contributed by atoms with E-state index >= 15 is 0 Å². The fraction of sp³-hybridized carbons (Fsp3) is 0.429. The molecule has 0 aromatic heterocycles. The Kier molecular flexibility index (Phi) is 6.87. The van der Waals surface area contributed by atoms with E-state index in [2.05, 4.69) is 5.32 Å². The Hall–Kier alpha value is -2.06. The van der Waals surface area contributed by atoms with Crippen molar-refractivity contribution < 1.29 is 29.9 Å². The van der Waals surface area contributed by atoms with Crippen LogP contribution in [-0.2, 0) is 11.2 Å². The van der Waals surface area contributed by atoms with Crippen LogP contribution in [-0.4, -0.2) is 45.2 Å². The predicted octanol–water partition coefficient (Wildman–Crippen LogP) is 0.320. The second-order valence-corrected chi connectivity index (χ2v) is 5.01. The van der Waals surface area contributed by atoms with Crippen LogP contribution in [0.2, 0.25) is 0 Å². The topological polar surface area (TPSA) is 127 Å². The van der Waals surface area contributed by atoms with E-state index in [1.807, 2.05) is 6.92 Å². The van der Waals surface area contributed by atoms with E-state index in [1.54, 1.807) is 0 Å². The van der Waals surface area contributed by atoms with Gasteiger partial charge in [0.15, 0.2) is 0 Å². The smallest absolute Gasteiger partial charge is 0.475 e. The van der Waals surface area contributed by atoms with Crippen LogP contribution in [0.25, 0.3) is 0 Å². The molecule has 1 atom stereocenters. The molecule has 0 saturated heterocycles. The minimum atomic E-state index is -1.82. The fourth-order valence-corrected chi connectivity index (χ4v) is 2.01. The van der Waals surface area contributed by atoms with E-state index in [9.17, 15) is 24.7 Å². The molecule has 5 N–H and O–H groups in total. The van der Waals surface area contributed by atoms with E-state index in [0.717, 1.165) is 6.42 Å². The van der Waals surface area contributed by atoms with Crippen LogP contribution in [0.1, 0.15) is 42.1 Å². The number of para-hydroxylation sites is 1. The molecular weight excluding hydrogens is 289 g/mol. The quantitative estimate of drug-likeness (QED) is 0.440. The zero-order valence-electron chi connectivity index (χ0n) is 12.3. The number of carbonyl (C=O) groups excluding carboxylic acids is 1. The molecule has 120 valence electrons. The number of amides is 1. The number of carboxylic acid groups (broad SMARTS) is 1. The highest BCUT2D eigenvalue weighted by Crippen LogP contribution is 2.24. The lowest BCUT2D eigenvalue weighted by atomic mass is 9.75. The minimum absolute atomic E-state index is 0.0948. The summed E-state index contributed by atoms with van der Waals surface area (Å²) in [6.07, 6.45) is 1.68. The molecule has 22 heavy (non-hydrogen) atoms. The van der Waals surface area contributed by atoms with Gasteiger partial charge in [-0.15, -0.1) is 0 Å². The van der Waals surface area contributed by atoms with Crippen molar-refractivity contribution >= 4 is 19.0 Å². The van der Waals surface area contributed by atoms with Gasteiger partial charge < -0.3 is 25.6 Å². The summed E-state index contributed by atoms with van der Waals surface area (Å²) in [5.74, 6) is -3.08. The molecule has 1 aromatic carbocycles. The summed E-state index contributed by atoms with van der Waals surface area (Å²) < 4.78 is 0. The summed E-state index contributed by atoms with van der Waals surface area (Å²) >= 11 is 0. The molecule has 0 aliphatic rings. The zero-order chi connectivity index (χ0) is 16.7. The van der Waals surface area contributed by atoms with E-state index in [1.165, 1.54) is 18.2 Å². The highest BCUT2D eigenvalue weighted by atomic mass is 16.4. The Bertz CT molecular complexity index is 534. The first kappa shape index (κ1) is 18.0. The highest BCUT2D eigenvalue weighted by molar-refractivity contribution is 6.43. The lowest BCUT2D eigenvalue weighted by Gasteiger charge is -2.19. The number of nitrogens with one attached hydrogen (secondary N) is 1. The van der Waals surface area contributed by atoms with Gasteiger partial charge in [-0.1, -0.05) is 25.5 Å². The van der Waals surface area contributed by atoms with Crippen molar-refractivity contribution in [1.29, 1.82) is 0 Å². The van der Waals surface area contributed by atoms with E-state index in [0.29, 0.717) is 6.42 Å². The van der Waals surface area contributed by atoms with Gasteiger partial charge in [-0.25, -0.2) is 4.79 Å². The number of carboxylic acids is 1. The lowest BCUT2D eigenvalue weighted by molar-refractivity contribution is -0.121. The summed E-state index contributed by atoms with van der Waals surface area (Å²) in [7, 11) is -1.82. The van der Waals surface area contributed by atoms with Crippen molar-refractivity contribution in [2.45, 2.75) is 38.5 Å². The second kappa shape index (κ2) is 8.40. The van der Waals surface area contributed by atoms with Crippen molar-refractivity contribution in [2.24, 2.45) is 0 Å². The first-order valence-electron chi connectivity index (χ1n) is 7.06. The summed E-state index contributed by atoms with van der Waals surface area (Å²) in [6, 6.07) is 4.15. The number of hydrogen-bond acceptors (Lipinski definition) is 5. The number of benzene rings is 1. The molecule has 0 aliphatic carbocycles. The molecule has 0 spiro atoms. The van der Waals surface area contributed by atoms with E-state index in [-0.39, 0.29) is 29.9 Å². The zero-order valence-corrected chi connectivity index (χ0v) is 12.3. The highest BCUT2D eigenvalue weighted by Gasteiger charge is 2.27. The Balaban J connectivity index is 2.86. The summed E-state index contributed by atoms with van der Waals surface area (Å²) in [5, 5.41) is 40.1. The predicted molar refractivity (Wildman–Crippen MR) is 80.4 cm³/mol. The van der Waals surface area contributed by atoms with E-state index in [4.69, 9.17) is 5.11 Å². The third-order valence-corrected chi connectivity index (χ3v) is 3.25. The maximum Gasteiger partial charge on any atom is 0.475 e. The molecule has 0 heterocycles. The van der Waals surface area contributed by atoms with Crippen molar-refractivity contribution in [3.05, 3.63) is 29.3 Å². The molecule has 1 rings (SSSR count). The Labute approximate surface area is 128 Å². The van der Waals surface area contributed by atoms with Crippen LogP contribution in [0, 0.1) is 0 Å². The largest absolute Gasteiger partial charge is 0.507 e. The van der Waals surface area contributed by atoms with Crippen molar-refractivity contribution in [3.63, 3.8) is 0 Å². The van der Waals surface area contributed by atoms with Gasteiger partial charge in [-0.2, -0.15) is 0 Å². The van der Waals surface area contributed by atoms with Crippen molar-refractivity contribution in [1.82, 2.24) is 5.32 Å². The normalized spacial score (nSPS) is 11.8. The third kappa shape index (κ3) is 5.05. The molecule has 0 fully saturated rings. The molecule has 1 aromatic rings. The maximum absolute atomic E-state index is 11.7. The van der Waals surface area contributed by atoms with Crippen LogP contribution in [0.4, 0.5) is 0 Å². The van der Waals surface area contributed by atoms with Gasteiger partial charge in [0.2, 0.25) is 5.91 Å². The number of unbranched alkanes of at least 4 members (excludes halogenated alkanes) is 1. The molecule has 7 nitrogen and oxygen atoms in total. The number of phenols is 1. The molecule has 0 bridgehead atoms. The first-order chi connectivity index (χ1) is 10.4. The van der Waals surface area contributed by atoms with Crippen LogP contribution in [0.15, 0.2) is 18.2 Å². The molecule has 0 aliphatic heterocycles. The van der Waals surface area contributed by atoms with Gasteiger partial charge in [-0.05, 0) is 24.5 Å². The number of aromatic hydroxyl groups is 1. The number of hydrogen-bond donors (Lipinski definition) is 5. The van der Waals surface area contributed by atoms with Crippen LogP contribution >= 0.6 is 0 Å². The van der Waals surface area contributed by atoms with Crippen LogP contribution < -0.4 is 5.32 Å². The molecular formula is C14H20BNO6. The summed E-state index contributed by atoms with van der Waals surface area (Å²) in [5.41, 5.74) is -0.0604. The van der Waals surface area contributed by atoms with Gasteiger partial charge in [0, 0.05) is 6.42 Å². The fourth-order valence-electron chi connectivity index (χ4n) is 2.01. The number of rotatable bonds is 8. The number of carbonyl (C=O) groups is 2. The van der Waals surface area contributed by atoms with Crippen molar-refractivity contribution in [2.75, 3.05) is 0 Å². The Morgan fingerprint density at radius 1 is 1.32 bits per heavy atom. The molecule has 0 radical (unpaired) electrons. The molecule has 0 saturated carbocycles. The lowest BCUT2D eigenvalue weighted by Crippen LogP contribution is -2.47. The average molecular weight is 309 g/mol. The first-order valence-corrected chi connectivity index (χ1v) is 7.06. The summed E-state index contributed by atoms with van der Waals surface area (Å²) in [6.45, 7) is 1.93. The standard InChI is InChI=1S/C14H20BNO6/c1-2-3-7-12(17)16-11(15(21)22)8-9-5-4-6-10(13(9)18)14(19)20/h4-6,11,18,21-22H,2-3,7-8H2,1H3,(H,16,17)(H,19,20). The van der Waals surface area contributed by atoms with Gasteiger partial charge in [0.25, 0.3) is 0 Å². The Morgan fingerprint density at radius 3 is 2.55 bits per heavy atom. The maximum atomic E-state index is 11.7. The third-order valence-electron chi connectivity index (χ3n) is 3.25. The van der Waals surface area contributed by atoms with Gasteiger partial charge in [-0.3, -0.25) is 4.79 Å². The Morgan fingerprint density at radius 2 is 2.00 bits per heavy atom. The van der Waals surface area contributed by atoms with Gasteiger partial charge >= 0.3 is 13.1 Å². The molecule has 1 amide bonds.